The molecule has 1 amide bonds. The molecular weight excluding hydrogens is 212 g/mol. The second-order valence-corrected chi connectivity index (χ2v) is 5.44. The summed E-state index contributed by atoms with van der Waals surface area (Å²) in [4.78, 5) is 13.9. The fourth-order valence-corrected chi connectivity index (χ4v) is 2.70. The lowest BCUT2D eigenvalue weighted by Crippen LogP contribution is -2.37. The highest BCUT2D eigenvalue weighted by atomic mass is 16.2. The van der Waals surface area contributed by atoms with Crippen molar-refractivity contribution in [2.45, 2.75) is 58.4 Å². The van der Waals surface area contributed by atoms with E-state index in [1.807, 2.05) is 11.9 Å². The molecule has 0 aromatic rings. The van der Waals surface area contributed by atoms with Gasteiger partial charge >= 0.3 is 0 Å². The summed E-state index contributed by atoms with van der Waals surface area (Å²) in [5, 5.41) is 3.29. The Morgan fingerprint density at radius 2 is 2.00 bits per heavy atom. The van der Waals surface area contributed by atoms with E-state index in [4.69, 9.17) is 0 Å². The maximum atomic E-state index is 12.0. The first-order valence-corrected chi connectivity index (χ1v) is 7.10. The Morgan fingerprint density at radius 1 is 1.35 bits per heavy atom. The summed E-state index contributed by atoms with van der Waals surface area (Å²) >= 11 is 0. The van der Waals surface area contributed by atoms with Crippen LogP contribution in [0.15, 0.2) is 0 Å². The number of amides is 1. The summed E-state index contributed by atoms with van der Waals surface area (Å²) in [6.07, 6.45) is 7.31. The molecule has 1 aliphatic rings. The van der Waals surface area contributed by atoms with Crippen molar-refractivity contribution in [3.8, 4) is 0 Å². The Bertz CT molecular complexity index is 224. The molecule has 3 heteroatoms. The van der Waals surface area contributed by atoms with Crippen LogP contribution >= 0.6 is 0 Å². The molecule has 0 aromatic carbocycles. The third kappa shape index (κ3) is 5.53. The van der Waals surface area contributed by atoms with Crippen LogP contribution < -0.4 is 5.32 Å². The lowest BCUT2D eigenvalue weighted by Gasteiger charge is -2.27. The number of nitrogens with zero attached hydrogens (tertiary/aromatic N) is 1. The maximum absolute atomic E-state index is 12.0. The van der Waals surface area contributed by atoms with Crippen LogP contribution in [0.5, 0.6) is 0 Å². The van der Waals surface area contributed by atoms with E-state index in [9.17, 15) is 4.79 Å². The van der Waals surface area contributed by atoms with Crippen molar-refractivity contribution in [1.29, 1.82) is 0 Å². The lowest BCUT2D eigenvalue weighted by atomic mass is 9.89. The quantitative estimate of drug-likeness (QED) is 0.773. The van der Waals surface area contributed by atoms with Crippen molar-refractivity contribution < 1.29 is 4.79 Å². The molecule has 1 aliphatic carbocycles. The molecule has 0 aromatic heterocycles. The summed E-state index contributed by atoms with van der Waals surface area (Å²) in [5.41, 5.74) is 0. The summed E-state index contributed by atoms with van der Waals surface area (Å²) in [6, 6.07) is 0.293. The van der Waals surface area contributed by atoms with Crippen LogP contribution in [0.1, 0.15) is 52.4 Å². The van der Waals surface area contributed by atoms with Gasteiger partial charge in [-0.05, 0) is 32.2 Å². The fraction of sp³-hybridized carbons (Fsp3) is 0.929. The monoisotopic (exact) mass is 240 g/mol. The molecule has 3 nitrogen and oxygen atoms in total. The fourth-order valence-electron chi connectivity index (χ4n) is 2.70. The van der Waals surface area contributed by atoms with Gasteiger partial charge in [0.05, 0.1) is 0 Å². The number of hydrogen-bond donors (Lipinski definition) is 1. The van der Waals surface area contributed by atoms with E-state index >= 15 is 0 Å². The predicted octanol–water partition coefficient (Wildman–Crippen LogP) is 2.41. The van der Waals surface area contributed by atoms with Gasteiger partial charge in [-0.3, -0.25) is 4.79 Å². The smallest absolute Gasteiger partial charge is 0.223 e. The largest absolute Gasteiger partial charge is 0.345 e. The molecule has 1 atom stereocenters. The Kier molecular flexibility index (Phi) is 6.56. The maximum Gasteiger partial charge on any atom is 0.223 e. The van der Waals surface area contributed by atoms with Crippen molar-refractivity contribution >= 4 is 5.91 Å². The lowest BCUT2D eigenvalue weighted by molar-refractivity contribution is -0.131. The third-order valence-corrected chi connectivity index (χ3v) is 3.72. The SMILES string of the molecule is CCNC(C)CC(=O)N(C)CC1CCCCC1. The minimum Gasteiger partial charge on any atom is -0.345 e. The van der Waals surface area contributed by atoms with Gasteiger partial charge in [-0.15, -0.1) is 0 Å². The average Bonchev–Trinajstić information content (AvgIpc) is 2.30. The predicted molar refractivity (Wildman–Crippen MR) is 72.0 cm³/mol. The molecule has 0 radical (unpaired) electrons. The molecule has 1 unspecified atom stereocenters. The van der Waals surface area contributed by atoms with Crippen LogP contribution in [-0.4, -0.2) is 37.0 Å². The topological polar surface area (TPSA) is 32.3 Å². The van der Waals surface area contributed by atoms with E-state index in [0.717, 1.165) is 19.0 Å². The van der Waals surface area contributed by atoms with Crippen LogP contribution in [-0.2, 0) is 4.79 Å². The van der Waals surface area contributed by atoms with Crippen molar-refractivity contribution in [1.82, 2.24) is 10.2 Å². The molecule has 1 N–H and O–H groups in total. The molecule has 1 rings (SSSR count). The highest BCUT2D eigenvalue weighted by Gasteiger charge is 2.19. The molecule has 0 saturated heterocycles. The third-order valence-electron chi connectivity index (χ3n) is 3.72. The minimum absolute atomic E-state index is 0.282. The van der Waals surface area contributed by atoms with Crippen LogP contribution in [0.4, 0.5) is 0 Å². The first kappa shape index (κ1) is 14.5. The van der Waals surface area contributed by atoms with Crippen LogP contribution in [0.2, 0.25) is 0 Å². The molecule has 1 fully saturated rings. The zero-order chi connectivity index (χ0) is 12.7. The number of hydrogen-bond acceptors (Lipinski definition) is 2. The number of carbonyl (C=O) groups excluding carboxylic acids is 1. The highest BCUT2D eigenvalue weighted by Crippen LogP contribution is 2.24. The normalized spacial score (nSPS) is 19.0. The first-order valence-electron chi connectivity index (χ1n) is 7.10. The van der Waals surface area contributed by atoms with Gasteiger partial charge in [0, 0.05) is 26.1 Å². The average molecular weight is 240 g/mol. The molecule has 100 valence electrons. The van der Waals surface area contributed by atoms with Gasteiger partial charge in [0.15, 0.2) is 0 Å². The van der Waals surface area contributed by atoms with E-state index in [1.54, 1.807) is 0 Å². The van der Waals surface area contributed by atoms with Crippen LogP contribution in [0.25, 0.3) is 0 Å². The van der Waals surface area contributed by atoms with Gasteiger partial charge in [0.2, 0.25) is 5.91 Å². The van der Waals surface area contributed by atoms with Crippen molar-refractivity contribution in [3.05, 3.63) is 0 Å². The van der Waals surface area contributed by atoms with Gasteiger partial charge in [-0.25, -0.2) is 0 Å². The second-order valence-electron chi connectivity index (χ2n) is 5.44. The number of rotatable bonds is 6. The van der Waals surface area contributed by atoms with Gasteiger partial charge in [-0.1, -0.05) is 26.2 Å². The number of nitrogens with one attached hydrogen (secondary N) is 1. The summed E-state index contributed by atoms with van der Waals surface area (Å²) < 4.78 is 0. The zero-order valence-electron chi connectivity index (χ0n) is 11.7. The van der Waals surface area contributed by atoms with E-state index in [1.165, 1.54) is 32.1 Å². The summed E-state index contributed by atoms with van der Waals surface area (Å²) in [5.74, 6) is 1.02. The summed E-state index contributed by atoms with van der Waals surface area (Å²) in [7, 11) is 1.95. The van der Waals surface area contributed by atoms with E-state index in [-0.39, 0.29) is 5.91 Å². The summed E-state index contributed by atoms with van der Waals surface area (Å²) in [6.45, 7) is 6.04. The second kappa shape index (κ2) is 7.70. The van der Waals surface area contributed by atoms with Crippen molar-refractivity contribution in [3.63, 3.8) is 0 Å². The molecular formula is C14H28N2O. The molecule has 17 heavy (non-hydrogen) atoms. The molecule has 0 bridgehead atoms. The van der Waals surface area contributed by atoms with E-state index in [0.29, 0.717) is 12.5 Å². The molecule has 0 spiro atoms. The van der Waals surface area contributed by atoms with Gasteiger partial charge < -0.3 is 10.2 Å². The molecule has 0 aliphatic heterocycles. The van der Waals surface area contributed by atoms with Crippen molar-refractivity contribution in [2.75, 3.05) is 20.1 Å². The van der Waals surface area contributed by atoms with Gasteiger partial charge in [0.1, 0.15) is 0 Å². The van der Waals surface area contributed by atoms with Gasteiger partial charge in [-0.2, -0.15) is 0 Å². The standard InChI is InChI=1S/C14H28N2O/c1-4-15-12(2)10-14(17)16(3)11-13-8-6-5-7-9-13/h12-13,15H,4-11H2,1-3H3. The van der Waals surface area contributed by atoms with E-state index in [2.05, 4.69) is 19.2 Å². The van der Waals surface area contributed by atoms with Crippen LogP contribution in [0, 0.1) is 5.92 Å². The number of carbonyl (C=O) groups is 1. The Labute approximate surface area is 106 Å². The van der Waals surface area contributed by atoms with Crippen LogP contribution in [0.3, 0.4) is 0 Å². The molecule has 1 saturated carbocycles. The van der Waals surface area contributed by atoms with E-state index < -0.39 is 0 Å². The zero-order valence-corrected chi connectivity index (χ0v) is 11.7. The highest BCUT2D eigenvalue weighted by molar-refractivity contribution is 5.76. The molecule has 0 heterocycles. The van der Waals surface area contributed by atoms with Gasteiger partial charge in [0.25, 0.3) is 0 Å². The van der Waals surface area contributed by atoms with Crippen molar-refractivity contribution in [2.24, 2.45) is 5.92 Å². The Hall–Kier alpha value is -0.570. The minimum atomic E-state index is 0.282. The Balaban J connectivity index is 2.25. The first-order chi connectivity index (χ1) is 8.13. The Morgan fingerprint density at radius 3 is 2.59 bits per heavy atom.